The molecule has 3 heterocycles. The molecule has 2 aliphatic rings. The number of carbonyl (C=O) groups excluding carboxylic acids is 1. The third-order valence-electron chi connectivity index (χ3n) is 5.23. The van der Waals surface area contributed by atoms with Gasteiger partial charge < -0.3 is 19.5 Å². The van der Waals surface area contributed by atoms with E-state index in [1.165, 1.54) is 0 Å². The molecule has 27 heavy (non-hydrogen) atoms. The Balaban J connectivity index is 1.36. The predicted octanol–water partition coefficient (Wildman–Crippen LogP) is 3.69. The lowest BCUT2D eigenvalue weighted by Crippen LogP contribution is -2.40. The molecule has 1 amide bonds. The second-order valence-corrected chi connectivity index (χ2v) is 8.33. The first-order chi connectivity index (χ1) is 13.1. The van der Waals surface area contributed by atoms with Crippen molar-refractivity contribution in [3.05, 3.63) is 45.1 Å². The number of hydrogen-bond donors (Lipinski definition) is 1. The highest BCUT2D eigenvalue weighted by Crippen LogP contribution is 2.36. The molecule has 1 aromatic heterocycles. The van der Waals surface area contributed by atoms with Crippen LogP contribution in [0.15, 0.2) is 29.6 Å². The lowest BCUT2D eigenvalue weighted by atomic mass is 9.90. The SMILES string of the molecule is O=C(Cc1cc2c(cc1Cl)OCCO2)N1CCC(C(O)c2cccs2)CC1. The molecule has 2 aromatic rings. The van der Waals surface area contributed by atoms with E-state index in [4.69, 9.17) is 21.1 Å². The van der Waals surface area contributed by atoms with Crippen LogP contribution in [0.25, 0.3) is 0 Å². The predicted molar refractivity (Wildman–Crippen MR) is 105 cm³/mol. The van der Waals surface area contributed by atoms with Gasteiger partial charge >= 0.3 is 0 Å². The van der Waals surface area contributed by atoms with Gasteiger partial charge in [-0.25, -0.2) is 0 Å². The van der Waals surface area contributed by atoms with E-state index >= 15 is 0 Å². The summed E-state index contributed by atoms with van der Waals surface area (Å²) in [6, 6.07) is 7.46. The number of halogens is 1. The van der Waals surface area contributed by atoms with Gasteiger partial charge in [0.05, 0.1) is 12.5 Å². The molecule has 0 saturated carbocycles. The molecule has 0 bridgehead atoms. The Labute approximate surface area is 167 Å². The highest BCUT2D eigenvalue weighted by atomic mass is 35.5. The summed E-state index contributed by atoms with van der Waals surface area (Å²) in [7, 11) is 0. The Hall–Kier alpha value is -1.76. The largest absolute Gasteiger partial charge is 0.486 e. The number of piperidine rings is 1. The summed E-state index contributed by atoms with van der Waals surface area (Å²) in [6.07, 6.45) is 1.42. The fraction of sp³-hybridized carbons (Fsp3) is 0.450. The molecular formula is C20H22ClNO4S. The van der Waals surface area contributed by atoms with Gasteiger partial charge in [0, 0.05) is 29.1 Å². The van der Waals surface area contributed by atoms with Crippen molar-refractivity contribution in [3.63, 3.8) is 0 Å². The topological polar surface area (TPSA) is 59.0 Å². The van der Waals surface area contributed by atoms with Gasteiger partial charge in [0.2, 0.25) is 5.91 Å². The quantitative estimate of drug-likeness (QED) is 0.839. The average molecular weight is 408 g/mol. The highest BCUT2D eigenvalue weighted by Gasteiger charge is 2.29. The minimum absolute atomic E-state index is 0.0534. The number of hydrogen-bond acceptors (Lipinski definition) is 5. The van der Waals surface area contributed by atoms with E-state index in [0.29, 0.717) is 42.8 Å². The minimum atomic E-state index is -0.436. The molecule has 0 aliphatic carbocycles. The van der Waals surface area contributed by atoms with Crippen molar-refractivity contribution in [1.82, 2.24) is 4.90 Å². The van der Waals surface area contributed by atoms with Gasteiger partial charge in [-0.1, -0.05) is 17.7 Å². The second kappa shape index (κ2) is 8.09. The molecule has 1 fully saturated rings. The molecule has 2 aliphatic heterocycles. The molecule has 1 unspecified atom stereocenters. The second-order valence-electron chi connectivity index (χ2n) is 6.94. The van der Waals surface area contributed by atoms with E-state index in [2.05, 4.69) is 0 Å². The van der Waals surface area contributed by atoms with Crippen LogP contribution in [0.3, 0.4) is 0 Å². The van der Waals surface area contributed by atoms with Gasteiger partial charge in [-0.2, -0.15) is 0 Å². The number of aliphatic hydroxyl groups excluding tert-OH is 1. The number of fused-ring (bicyclic) bond motifs is 1. The maximum atomic E-state index is 12.7. The summed E-state index contributed by atoms with van der Waals surface area (Å²) in [4.78, 5) is 15.6. The van der Waals surface area contributed by atoms with Crippen molar-refractivity contribution in [2.45, 2.75) is 25.4 Å². The summed E-state index contributed by atoms with van der Waals surface area (Å²) >= 11 is 7.91. The van der Waals surface area contributed by atoms with E-state index in [1.807, 2.05) is 28.5 Å². The number of ether oxygens (including phenoxy) is 2. The molecule has 4 rings (SSSR count). The van der Waals surface area contributed by atoms with Crippen LogP contribution in [-0.2, 0) is 11.2 Å². The number of amides is 1. The highest BCUT2D eigenvalue weighted by molar-refractivity contribution is 7.10. The van der Waals surface area contributed by atoms with Crippen molar-refractivity contribution in [3.8, 4) is 11.5 Å². The lowest BCUT2D eigenvalue weighted by Gasteiger charge is -2.34. The summed E-state index contributed by atoms with van der Waals surface area (Å²) in [5, 5.41) is 13.0. The zero-order chi connectivity index (χ0) is 18.8. The number of rotatable bonds is 4. The molecule has 0 radical (unpaired) electrons. The fourth-order valence-electron chi connectivity index (χ4n) is 3.67. The van der Waals surface area contributed by atoms with Gasteiger partial charge in [0.15, 0.2) is 11.5 Å². The summed E-state index contributed by atoms with van der Waals surface area (Å²) in [5.74, 6) is 1.53. The maximum Gasteiger partial charge on any atom is 0.227 e. The van der Waals surface area contributed by atoms with Crippen molar-refractivity contribution in [2.75, 3.05) is 26.3 Å². The van der Waals surface area contributed by atoms with Crippen LogP contribution in [0.2, 0.25) is 5.02 Å². The van der Waals surface area contributed by atoms with Crippen molar-refractivity contribution < 1.29 is 19.4 Å². The maximum absolute atomic E-state index is 12.7. The van der Waals surface area contributed by atoms with Crippen LogP contribution in [0.4, 0.5) is 0 Å². The van der Waals surface area contributed by atoms with Crippen molar-refractivity contribution in [2.24, 2.45) is 5.92 Å². The van der Waals surface area contributed by atoms with Gasteiger partial charge in [0.25, 0.3) is 0 Å². The lowest BCUT2D eigenvalue weighted by molar-refractivity contribution is -0.132. The average Bonchev–Trinajstić information content (AvgIpc) is 3.23. The zero-order valence-electron chi connectivity index (χ0n) is 14.9. The summed E-state index contributed by atoms with van der Waals surface area (Å²) in [5.41, 5.74) is 0.756. The molecule has 144 valence electrons. The van der Waals surface area contributed by atoms with E-state index in [1.54, 1.807) is 17.4 Å². The first-order valence-electron chi connectivity index (χ1n) is 9.19. The van der Waals surface area contributed by atoms with Crippen LogP contribution in [0.5, 0.6) is 11.5 Å². The first kappa shape index (κ1) is 18.6. The molecule has 0 spiro atoms. The Kier molecular flexibility index (Phi) is 5.57. The molecule has 1 N–H and O–H groups in total. The molecule has 5 nitrogen and oxygen atoms in total. The van der Waals surface area contributed by atoms with Crippen molar-refractivity contribution >= 4 is 28.8 Å². The molecule has 1 aromatic carbocycles. The number of carbonyl (C=O) groups is 1. The van der Waals surface area contributed by atoms with Crippen LogP contribution in [0.1, 0.15) is 29.4 Å². The van der Waals surface area contributed by atoms with E-state index in [-0.39, 0.29) is 18.2 Å². The van der Waals surface area contributed by atoms with Crippen LogP contribution < -0.4 is 9.47 Å². The normalized spacial score (nSPS) is 18.4. The number of benzene rings is 1. The fourth-order valence-corrected chi connectivity index (χ4v) is 4.70. The first-order valence-corrected chi connectivity index (χ1v) is 10.4. The van der Waals surface area contributed by atoms with Crippen LogP contribution >= 0.6 is 22.9 Å². The van der Waals surface area contributed by atoms with Gasteiger partial charge in [-0.3, -0.25) is 4.79 Å². The van der Waals surface area contributed by atoms with Gasteiger partial charge in [-0.15, -0.1) is 11.3 Å². The zero-order valence-corrected chi connectivity index (χ0v) is 16.5. The van der Waals surface area contributed by atoms with Gasteiger partial charge in [-0.05, 0) is 41.8 Å². The smallest absolute Gasteiger partial charge is 0.227 e. The molecule has 1 saturated heterocycles. The molecular weight excluding hydrogens is 386 g/mol. The Morgan fingerprint density at radius 1 is 1.26 bits per heavy atom. The summed E-state index contributed by atoms with van der Waals surface area (Å²) < 4.78 is 11.1. The van der Waals surface area contributed by atoms with E-state index in [9.17, 15) is 9.90 Å². The Morgan fingerprint density at radius 2 is 1.96 bits per heavy atom. The van der Waals surface area contributed by atoms with Crippen LogP contribution in [-0.4, -0.2) is 42.2 Å². The summed E-state index contributed by atoms with van der Waals surface area (Å²) in [6.45, 7) is 2.33. The standard InChI is InChI=1S/C20H22ClNO4S/c21-15-12-17-16(25-7-8-26-17)10-14(15)11-19(23)22-5-3-13(4-6-22)20(24)18-2-1-9-27-18/h1-2,9-10,12-13,20,24H,3-8,11H2. The minimum Gasteiger partial charge on any atom is -0.486 e. The van der Waals surface area contributed by atoms with Gasteiger partial charge in [0.1, 0.15) is 13.2 Å². The Bertz CT molecular complexity index is 803. The number of thiophene rings is 1. The number of nitrogens with zero attached hydrogens (tertiary/aromatic N) is 1. The number of aliphatic hydroxyl groups is 1. The number of likely N-dealkylation sites (tertiary alicyclic amines) is 1. The molecule has 7 heteroatoms. The third-order valence-corrected chi connectivity index (χ3v) is 6.52. The monoisotopic (exact) mass is 407 g/mol. The van der Waals surface area contributed by atoms with E-state index < -0.39 is 6.10 Å². The van der Waals surface area contributed by atoms with Crippen LogP contribution in [0, 0.1) is 5.92 Å². The Morgan fingerprint density at radius 3 is 2.63 bits per heavy atom. The molecule has 1 atom stereocenters. The van der Waals surface area contributed by atoms with Crippen molar-refractivity contribution in [1.29, 1.82) is 0 Å². The third kappa shape index (κ3) is 4.08. The van der Waals surface area contributed by atoms with E-state index in [0.717, 1.165) is 23.3 Å².